The van der Waals surface area contributed by atoms with E-state index in [1.165, 1.54) is 0 Å². The van der Waals surface area contributed by atoms with Gasteiger partial charge in [-0.15, -0.1) is 0 Å². The lowest BCUT2D eigenvalue weighted by Gasteiger charge is -1.99. The molecule has 0 aliphatic heterocycles. The summed E-state index contributed by atoms with van der Waals surface area (Å²) in [4.78, 5) is 0. The van der Waals surface area contributed by atoms with Crippen LogP contribution in [0.3, 0.4) is 0 Å². The number of aryl methyl sites for hydroxylation is 1. The van der Waals surface area contributed by atoms with Crippen molar-refractivity contribution in [1.82, 2.24) is 5.16 Å². The van der Waals surface area contributed by atoms with Gasteiger partial charge in [0.15, 0.2) is 0 Å². The van der Waals surface area contributed by atoms with E-state index in [1.54, 1.807) is 18.2 Å². The molecule has 2 rings (SSSR count). The summed E-state index contributed by atoms with van der Waals surface area (Å²) in [5, 5.41) is 5.08. The molecular formula is C10H6BrCl2NO. The van der Waals surface area contributed by atoms with Gasteiger partial charge in [0.05, 0.1) is 4.47 Å². The minimum Gasteiger partial charge on any atom is -0.360 e. The van der Waals surface area contributed by atoms with Gasteiger partial charge in [-0.1, -0.05) is 28.4 Å². The summed E-state index contributed by atoms with van der Waals surface area (Å²) in [7, 11) is 0. The lowest BCUT2D eigenvalue weighted by molar-refractivity contribution is 0.399. The highest BCUT2D eigenvalue weighted by atomic mass is 79.9. The number of hydrogen-bond acceptors (Lipinski definition) is 2. The van der Waals surface area contributed by atoms with E-state index < -0.39 is 0 Å². The van der Waals surface area contributed by atoms with Gasteiger partial charge in [0.2, 0.25) is 0 Å². The van der Waals surface area contributed by atoms with Gasteiger partial charge in [-0.3, -0.25) is 0 Å². The summed E-state index contributed by atoms with van der Waals surface area (Å²) in [6.45, 7) is 1.83. The number of nitrogens with zero attached hydrogens (tertiary/aromatic N) is 1. The minimum absolute atomic E-state index is 0.574. The standard InChI is InChI=1S/C10H6BrCl2NO/c1-5-9(11)10(14-15-5)6-2-7(12)4-8(13)3-6/h2-4H,1H3. The van der Waals surface area contributed by atoms with E-state index in [0.29, 0.717) is 15.7 Å². The second-order valence-electron chi connectivity index (χ2n) is 3.06. The number of halogens is 3. The third-order valence-electron chi connectivity index (χ3n) is 1.93. The molecule has 0 aliphatic carbocycles. The van der Waals surface area contributed by atoms with Gasteiger partial charge >= 0.3 is 0 Å². The molecule has 0 unspecified atom stereocenters. The fraction of sp³-hybridized carbons (Fsp3) is 0.100. The van der Waals surface area contributed by atoms with Crippen LogP contribution in [0.4, 0.5) is 0 Å². The van der Waals surface area contributed by atoms with Gasteiger partial charge in [0.25, 0.3) is 0 Å². The molecule has 78 valence electrons. The maximum atomic E-state index is 5.90. The van der Waals surface area contributed by atoms with Gasteiger partial charge in [-0.2, -0.15) is 0 Å². The first kappa shape index (κ1) is 11.0. The summed E-state index contributed by atoms with van der Waals surface area (Å²) in [6, 6.07) is 5.25. The highest BCUT2D eigenvalue weighted by molar-refractivity contribution is 9.10. The van der Waals surface area contributed by atoms with Crippen molar-refractivity contribution in [3.8, 4) is 11.3 Å². The first-order valence-electron chi connectivity index (χ1n) is 4.16. The highest BCUT2D eigenvalue weighted by Crippen LogP contribution is 2.33. The van der Waals surface area contributed by atoms with Gasteiger partial charge in [-0.05, 0) is 41.1 Å². The Labute approximate surface area is 105 Å². The Bertz CT molecular complexity index is 490. The van der Waals surface area contributed by atoms with Crippen molar-refractivity contribution >= 4 is 39.1 Å². The molecule has 15 heavy (non-hydrogen) atoms. The molecular weight excluding hydrogens is 301 g/mol. The van der Waals surface area contributed by atoms with E-state index in [0.717, 1.165) is 15.8 Å². The van der Waals surface area contributed by atoms with E-state index in [1.807, 2.05) is 6.92 Å². The summed E-state index contributed by atoms with van der Waals surface area (Å²) in [6.07, 6.45) is 0. The maximum absolute atomic E-state index is 5.90. The van der Waals surface area contributed by atoms with E-state index in [4.69, 9.17) is 27.7 Å². The van der Waals surface area contributed by atoms with Gasteiger partial charge < -0.3 is 4.52 Å². The second-order valence-corrected chi connectivity index (χ2v) is 4.73. The van der Waals surface area contributed by atoms with Crippen LogP contribution in [0, 0.1) is 6.92 Å². The maximum Gasteiger partial charge on any atom is 0.148 e. The van der Waals surface area contributed by atoms with Crippen molar-refractivity contribution in [2.24, 2.45) is 0 Å². The number of aromatic nitrogens is 1. The van der Waals surface area contributed by atoms with Crippen molar-refractivity contribution in [2.45, 2.75) is 6.92 Å². The van der Waals surface area contributed by atoms with Crippen LogP contribution in [0.1, 0.15) is 5.76 Å². The molecule has 0 amide bonds. The van der Waals surface area contributed by atoms with Crippen molar-refractivity contribution in [3.05, 3.63) is 38.5 Å². The summed E-state index contributed by atoms with van der Waals surface area (Å²) in [5.74, 6) is 0.723. The molecule has 0 fully saturated rings. The predicted molar refractivity (Wildman–Crippen MR) is 64.4 cm³/mol. The monoisotopic (exact) mass is 305 g/mol. The lowest BCUT2D eigenvalue weighted by Crippen LogP contribution is -1.79. The zero-order chi connectivity index (χ0) is 11.0. The predicted octanol–water partition coefficient (Wildman–Crippen LogP) is 4.72. The quantitative estimate of drug-likeness (QED) is 0.762. The van der Waals surface area contributed by atoms with Gasteiger partial charge in [0.1, 0.15) is 11.5 Å². The van der Waals surface area contributed by atoms with E-state index in [9.17, 15) is 0 Å². The molecule has 0 radical (unpaired) electrons. The molecule has 2 nitrogen and oxygen atoms in total. The Morgan fingerprint density at radius 3 is 2.27 bits per heavy atom. The molecule has 0 saturated carbocycles. The Morgan fingerprint density at radius 1 is 1.20 bits per heavy atom. The number of hydrogen-bond donors (Lipinski definition) is 0. The first-order valence-corrected chi connectivity index (χ1v) is 5.71. The first-order chi connectivity index (χ1) is 7.08. The molecule has 0 atom stereocenters. The molecule has 5 heteroatoms. The molecule has 1 aromatic heterocycles. The largest absolute Gasteiger partial charge is 0.360 e. The molecule has 2 aromatic rings. The Morgan fingerprint density at radius 2 is 1.80 bits per heavy atom. The van der Waals surface area contributed by atoms with Crippen LogP contribution >= 0.6 is 39.1 Å². The number of rotatable bonds is 1. The van der Waals surface area contributed by atoms with Crippen LogP contribution < -0.4 is 0 Å². The van der Waals surface area contributed by atoms with E-state index in [2.05, 4.69) is 21.1 Å². The van der Waals surface area contributed by atoms with Crippen LogP contribution in [-0.4, -0.2) is 5.16 Å². The lowest BCUT2D eigenvalue weighted by atomic mass is 10.1. The molecule has 1 aromatic carbocycles. The van der Waals surface area contributed by atoms with Gasteiger partial charge in [-0.25, -0.2) is 0 Å². The van der Waals surface area contributed by atoms with Crippen LogP contribution in [0.25, 0.3) is 11.3 Å². The summed E-state index contributed by atoms with van der Waals surface area (Å²) < 4.78 is 5.87. The van der Waals surface area contributed by atoms with Gasteiger partial charge in [0, 0.05) is 15.6 Å². The van der Waals surface area contributed by atoms with Crippen molar-refractivity contribution in [3.63, 3.8) is 0 Å². The Hall–Kier alpha value is -0.510. The molecule has 0 bridgehead atoms. The molecule has 0 aliphatic rings. The normalized spacial score (nSPS) is 10.7. The average molecular weight is 307 g/mol. The fourth-order valence-corrected chi connectivity index (χ4v) is 2.13. The average Bonchev–Trinajstić information content (AvgIpc) is 2.46. The summed E-state index contributed by atoms with van der Waals surface area (Å²) in [5.41, 5.74) is 1.54. The SMILES string of the molecule is Cc1onc(-c2cc(Cl)cc(Cl)c2)c1Br. The zero-order valence-corrected chi connectivity index (χ0v) is 10.8. The molecule has 1 heterocycles. The Balaban J connectivity index is 2.58. The third-order valence-corrected chi connectivity index (χ3v) is 3.30. The van der Waals surface area contributed by atoms with Crippen LogP contribution in [0.2, 0.25) is 10.0 Å². The molecule has 0 spiro atoms. The van der Waals surface area contributed by atoms with Crippen LogP contribution in [-0.2, 0) is 0 Å². The number of benzene rings is 1. The van der Waals surface area contributed by atoms with Crippen LogP contribution in [0.15, 0.2) is 27.2 Å². The molecule has 0 N–H and O–H groups in total. The zero-order valence-electron chi connectivity index (χ0n) is 7.72. The molecule has 0 saturated heterocycles. The fourth-order valence-electron chi connectivity index (χ4n) is 1.23. The topological polar surface area (TPSA) is 26.0 Å². The summed E-state index contributed by atoms with van der Waals surface area (Å²) >= 11 is 15.2. The van der Waals surface area contributed by atoms with Crippen molar-refractivity contribution < 1.29 is 4.52 Å². The van der Waals surface area contributed by atoms with E-state index >= 15 is 0 Å². The van der Waals surface area contributed by atoms with Crippen molar-refractivity contribution in [1.29, 1.82) is 0 Å². The van der Waals surface area contributed by atoms with E-state index in [-0.39, 0.29) is 0 Å². The Kier molecular flexibility index (Phi) is 3.05. The highest BCUT2D eigenvalue weighted by Gasteiger charge is 2.12. The third kappa shape index (κ3) is 2.19. The minimum atomic E-state index is 0.574. The smallest absolute Gasteiger partial charge is 0.148 e. The van der Waals surface area contributed by atoms with Crippen molar-refractivity contribution in [2.75, 3.05) is 0 Å². The van der Waals surface area contributed by atoms with Crippen LogP contribution in [0.5, 0.6) is 0 Å². The second kappa shape index (κ2) is 4.16.